The summed E-state index contributed by atoms with van der Waals surface area (Å²) in [6, 6.07) is 21.9. The van der Waals surface area contributed by atoms with Crippen molar-refractivity contribution in [2.24, 2.45) is 0 Å². The normalized spacial score (nSPS) is 15.2. The Morgan fingerprint density at radius 1 is 0.818 bits per heavy atom. The van der Waals surface area contributed by atoms with Gasteiger partial charge in [0.1, 0.15) is 50.1 Å². The molecule has 0 aromatic heterocycles. The fourth-order valence-electron chi connectivity index (χ4n) is 4.96. The summed E-state index contributed by atoms with van der Waals surface area (Å²) in [6.07, 6.45) is 4.70. The maximum Gasteiger partial charge on any atom is 0.342 e. The van der Waals surface area contributed by atoms with Gasteiger partial charge in [0.25, 0.3) is 0 Å². The van der Waals surface area contributed by atoms with Gasteiger partial charge in [0, 0.05) is 11.0 Å². The van der Waals surface area contributed by atoms with Crippen molar-refractivity contribution in [2.75, 3.05) is 40.1 Å². The zero-order valence-corrected chi connectivity index (χ0v) is 25.4. The zero-order chi connectivity index (χ0) is 31.5. The van der Waals surface area contributed by atoms with Crippen LogP contribution in [0, 0.1) is 0 Å². The SMILES string of the molecule is C=C(C)COOCCOc1ccc2c(c1C(=O)OC)C=CC(c1ccccc1)(c1ccc(OCCOC(=O)C(=C)C)cc1)C2. The number of allylic oxidation sites excluding steroid dienone is 1. The summed E-state index contributed by atoms with van der Waals surface area (Å²) in [5, 5.41) is 0. The van der Waals surface area contributed by atoms with Crippen LogP contribution in [0.4, 0.5) is 0 Å². The quantitative estimate of drug-likeness (QED) is 0.0494. The highest BCUT2D eigenvalue weighted by atomic mass is 17.2. The number of fused-ring (bicyclic) bond motifs is 1. The third-order valence-electron chi connectivity index (χ3n) is 7.10. The van der Waals surface area contributed by atoms with Crippen molar-refractivity contribution in [1.82, 2.24) is 0 Å². The minimum atomic E-state index is -0.506. The number of carbonyl (C=O) groups excluding carboxylic acids is 2. The van der Waals surface area contributed by atoms with Crippen LogP contribution in [0.25, 0.3) is 6.08 Å². The van der Waals surface area contributed by atoms with Crippen molar-refractivity contribution >= 4 is 18.0 Å². The van der Waals surface area contributed by atoms with E-state index < -0.39 is 17.4 Å². The van der Waals surface area contributed by atoms with Crippen molar-refractivity contribution in [1.29, 1.82) is 0 Å². The Balaban J connectivity index is 1.58. The van der Waals surface area contributed by atoms with Gasteiger partial charge in [-0.2, -0.15) is 0 Å². The van der Waals surface area contributed by atoms with Crippen LogP contribution in [0.1, 0.15) is 46.5 Å². The van der Waals surface area contributed by atoms with Crippen LogP contribution in [0.5, 0.6) is 11.5 Å². The molecule has 4 rings (SSSR count). The van der Waals surface area contributed by atoms with E-state index in [-0.39, 0.29) is 26.4 Å². The standard InChI is InChI=1S/C36H38O8/c1-25(2)24-44-43-22-21-41-32-16-11-27-23-36(28-9-7-6-8-10-28,18-17-31(27)33(32)35(38)39-5)29-12-14-30(15-13-29)40-19-20-42-34(37)26(3)4/h6-18H,1,3,19-24H2,2,4-5H3. The average molecular weight is 599 g/mol. The van der Waals surface area contributed by atoms with Gasteiger partial charge in [-0.3, -0.25) is 0 Å². The minimum absolute atomic E-state index is 0.130. The lowest BCUT2D eigenvalue weighted by Crippen LogP contribution is -2.31. The van der Waals surface area contributed by atoms with E-state index in [9.17, 15) is 9.59 Å². The molecule has 1 unspecified atom stereocenters. The lowest BCUT2D eigenvalue weighted by molar-refractivity contribution is -0.290. The summed E-state index contributed by atoms with van der Waals surface area (Å²) in [5.41, 5.74) is 4.94. The number of ether oxygens (including phenoxy) is 4. The summed E-state index contributed by atoms with van der Waals surface area (Å²) >= 11 is 0. The van der Waals surface area contributed by atoms with E-state index in [2.05, 4.69) is 31.4 Å². The fourth-order valence-corrected chi connectivity index (χ4v) is 4.96. The molecule has 0 radical (unpaired) electrons. The molecule has 0 fully saturated rings. The Morgan fingerprint density at radius 2 is 1.52 bits per heavy atom. The van der Waals surface area contributed by atoms with Crippen molar-refractivity contribution in [3.63, 3.8) is 0 Å². The van der Waals surface area contributed by atoms with Crippen LogP contribution in [-0.4, -0.2) is 52.1 Å². The summed E-state index contributed by atoms with van der Waals surface area (Å²) < 4.78 is 22.0. The molecule has 3 aromatic carbocycles. The molecule has 1 aliphatic carbocycles. The molecule has 3 aromatic rings. The number of esters is 2. The molecule has 0 spiro atoms. The Bertz CT molecular complexity index is 1510. The Morgan fingerprint density at radius 3 is 2.20 bits per heavy atom. The first-order chi connectivity index (χ1) is 21.2. The summed E-state index contributed by atoms with van der Waals surface area (Å²) in [6.45, 7) is 11.8. The fraction of sp³-hybridized carbons (Fsp3) is 0.278. The van der Waals surface area contributed by atoms with E-state index in [1.165, 1.54) is 7.11 Å². The van der Waals surface area contributed by atoms with Gasteiger partial charge < -0.3 is 18.9 Å². The molecule has 230 valence electrons. The summed E-state index contributed by atoms with van der Waals surface area (Å²) in [4.78, 5) is 34.8. The van der Waals surface area contributed by atoms with Gasteiger partial charge in [0.05, 0.1) is 7.11 Å². The predicted octanol–water partition coefficient (Wildman–Crippen LogP) is 6.43. The van der Waals surface area contributed by atoms with Crippen LogP contribution < -0.4 is 9.47 Å². The van der Waals surface area contributed by atoms with Gasteiger partial charge >= 0.3 is 11.9 Å². The molecule has 0 saturated carbocycles. The lowest BCUT2D eigenvalue weighted by Gasteiger charge is -2.36. The van der Waals surface area contributed by atoms with Crippen LogP contribution in [0.2, 0.25) is 0 Å². The third-order valence-corrected chi connectivity index (χ3v) is 7.10. The van der Waals surface area contributed by atoms with Crippen molar-refractivity contribution in [2.45, 2.75) is 25.7 Å². The van der Waals surface area contributed by atoms with Crippen LogP contribution in [-0.2, 0) is 35.9 Å². The van der Waals surface area contributed by atoms with E-state index in [0.29, 0.717) is 35.7 Å². The monoisotopic (exact) mass is 598 g/mol. The molecule has 1 aliphatic rings. The molecule has 0 aliphatic heterocycles. The molecule has 0 heterocycles. The zero-order valence-electron chi connectivity index (χ0n) is 25.4. The van der Waals surface area contributed by atoms with Gasteiger partial charge in [0.2, 0.25) is 0 Å². The number of carbonyl (C=O) groups is 2. The van der Waals surface area contributed by atoms with Gasteiger partial charge in [-0.15, -0.1) is 0 Å². The van der Waals surface area contributed by atoms with E-state index in [0.717, 1.165) is 27.8 Å². The molecule has 44 heavy (non-hydrogen) atoms. The number of methoxy groups -OCH3 is 1. The topological polar surface area (TPSA) is 89.5 Å². The highest BCUT2D eigenvalue weighted by Crippen LogP contribution is 2.44. The molecule has 8 nitrogen and oxygen atoms in total. The maximum absolute atomic E-state index is 13.0. The number of hydrogen-bond donors (Lipinski definition) is 0. The molecular weight excluding hydrogens is 560 g/mol. The Kier molecular flexibility index (Phi) is 11.1. The highest BCUT2D eigenvalue weighted by Gasteiger charge is 2.36. The van der Waals surface area contributed by atoms with Crippen LogP contribution >= 0.6 is 0 Å². The Labute approximate surface area is 258 Å². The van der Waals surface area contributed by atoms with Crippen LogP contribution in [0.3, 0.4) is 0 Å². The average Bonchev–Trinajstić information content (AvgIpc) is 3.04. The van der Waals surface area contributed by atoms with Gasteiger partial charge in [-0.05, 0) is 60.7 Å². The smallest absolute Gasteiger partial charge is 0.342 e. The van der Waals surface area contributed by atoms with E-state index in [1.807, 2.05) is 61.5 Å². The maximum atomic E-state index is 13.0. The van der Waals surface area contributed by atoms with Gasteiger partial charge in [-0.25, -0.2) is 19.4 Å². The summed E-state index contributed by atoms with van der Waals surface area (Å²) in [7, 11) is 1.36. The number of rotatable bonds is 15. The number of benzene rings is 3. The first-order valence-electron chi connectivity index (χ1n) is 14.3. The molecule has 0 amide bonds. The molecule has 0 N–H and O–H groups in total. The molecule has 0 bridgehead atoms. The number of hydrogen-bond acceptors (Lipinski definition) is 8. The van der Waals surface area contributed by atoms with Gasteiger partial charge in [-0.1, -0.05) is 79.4 Å². The summed E-state index contributed by atoms with van der Waals surface area (Å²) in [5.74, 6) is 0.146. The van der Waals surface area contributed by atoms with Gasteiger partial charge in [0.15, 0.2) is 0 Å². The van der Waals surface area contributed by atoms with Crippen LogP contribution in [0.15, 0.2) is 97.1 Å². The molecular formula is C36H38O8. The van der Waals surface area contributed by atoms with E-state index >= 15 is 0 Å². The van der Waals surface area contributed by atoms with E-state index in [4.69, 9.17) is 28.7 Å². The minimum Gasteiger partial charge on any atom is -0.490 e. The predicted molar refractivity (Wildman–Crippen MR) is 168 cm³/mol. The highest BCUT2D eigenvalue weighted by molar-refractivity contribution is 5.97. The molecule has 0 saturated heterocycles. The largest absolute Gasteiger partial charge is 0.490 e. The molecule has 8 heteroatoms. The van der Waals surface area contributed by atoms with Crippen molar-refractivity contribution in [3.05, 3.63) is 125 Å². The second kappa shape index (κ2) is 15.2. The molecule has 1 atom stereocenters. The van der Waals surface area contributed by atoms with Crippen molar-refractivity contribution < 1.29 is 38.3 Å². The first kappa shape index (κ1) is 32.3. The van der Waals surface area contributed by atoms with Crippen molar-refractivity contribution in [3.8, 4) is 11.5 Å². The third kappa shape index (κ3) is 7.83. The second-order valence-corrected chi connectivity index (χ2v) is 10.5. The first-order valence-corrected chi connectivity index (χ1v) is 14.3. The van der Waals surface area contributed by atoms with E-state index in [1.54, 1.807) is 13.0 Å². The lowest BCUT2D eigenvalue weighted by atomic mass is 9.67. The second-order valence-electron chi connectivity index (χ2n) is 10.5. The Hall–Kier alpha value is -4.66.